The molecule has 1 aliphatic rings. The summed E-state index contributed by atoms with van der Waals surface area (Å²) in [5.74, 6) is 0.258. The van der Waals surface area contributed by atoms with Crippen LogP contribution in [-0.4, -0.2) is 24.1 Å². The van der Waals surface area contributed by atoms with Crippen molar-refractivity contribution in [2.24, 2.45) is 0 Å². The third-order valence-corrected chi connectivity index (χ3v) is 4.59. The average Bonchev–Trinajstić information content (AvgIpc) is 3.14. The molecule has 0 unspecified atom stereocenters. The van der Waals surface area contributed by atoms with Crippen molar-refractivity contribution in [3.63, 3.8) is 0 Å². The van der Waals surface area contributed by atoms with Gasteiger partial charge in [0.15, 0.2) is 5.11 Å². The molecule has 0 spiro atoms. The summed E-state index contributed by atoms with van der Waals surface area (Å²) in [7, 11) is 0. The lowest BCUT2D eigenvalue weighted by Gasteiger charge is -2.29. The van der Waals surface area contributed by atoms with E-state index in [1.807, 2.05) is 18.2 Å². The van der Waals surface area contributed by atoms with Gasteiger partial charge in [-0.25, -0.2) is 0 Å². The molecule has 5 nitrogen and oxygen atoms in total. The van der Waals surface area contributed by atoms with Crippen LogP contribution in [0.25, 0.3) is 6.08 Å². The zero-order valence-corrected chi connectivity index (χ0v) is 15.8. The number of amides is 1. The van der Waals surface area contributed by atoms with Gasteiger partial charge >= 0.3 is 0 Å². The van der Waals surface area contributed by atoms with Crippen LogP contribution in [0.15, 0.2) is 47.1 Å². The first-order chi connectivity index (χ1) is 12.6. The van der Waals surface area contributed by atoms with Crippen molar-refractivity contribution in [2.45, 2.75) is 19.3 Å². The summed E-state index contributed by atoms with van der Waals surface area (Å²) < 4.78 is 5.12. The molecule has 2 heterocycles. The van der Waals surface area contributed by atoms with Crippen molar-refractivity contribution in [3.05, 3.63) is 53.5 Å². The van der Waals surface area contributed by atoms with E-state index < -0.39 is 0 Å². The standard InChI is InChI=1S/C19H20ClN3O2S/c20-16-13-14(6-8-17(16)23-10-2-1-3-11-23)21-19(26)22-18(24)9-7-15-5-4-12-25-15/h4-9,12-13H,1-3,10-11H2,(H2,21,22,24,26). The van der Waals surface area contributed by atoms with E-state index in [1.165, 1.54) is 25.3 Å². The highest BCUT2D eigenvalue weighted by molar-refractivity contribution is 7.80. The molecule has 1 aromatic heterocycles. The molecule has 1 aliphatic heterocycles. The van der Waals surface area contributed by atoms with E-state index in [2.05, 4.69) is 15.5 Å². The van der Waals surface area contributed by atoms with Crippen LogP contribution in [-0.2, 0) is 4.79 Å². The smallest absolute Gasteiger partial charge is 0.250 e. The minimum atomic E-state index is -0.338. The summed E-state index contributed by atoms with van der Waals surface area (Å²) in [6, 6.07) is 9.22. The SMILES string of the molecule is O=C(C=Cc1ccco1)NC(=S)Nc1ccc(N2CCCCC2)c(Cl)c1. The highest BCUT2D eigenvalue weighted by Crippen LogP contribution is 2.30. The number of piperidine rings is 1. The number of carbonyl (C=O) groups excluding carboxylic acids is 1. The summed E-state index contributed by atoms with van der Waals surface area (Å²) in [5.41, 5.74) is 1.77. The Morgan fingerprint density at radius 1 is 1.23 bits per heavy atom. The lowest BCUT2D eigenvalue weighted by atomic mass is 10.1. The number of halogens is 1. The largest absolute Gasteiger partial charge is 0.465 e. The molecule has 0 atom stereocenters. The number of carbonyl (C=O) groups is 1. The molecule has 0 radical (unpaired) electrons. The normalized spacial score (nSPS) is 14.4. The van der Waals surface area contributed by atoms with Crippen molar-refractivity contribution >= 4 is 52.3 Å². The molecule has 0 saturated carbocycles. The number of rotatable bonds is 4. The molecule has 7 heteroatoms. The minimum absolute atomic E-state index is 0.209. The monoisotopic (exact) mass is 389 g/mol. The van der Waals surface area contributed by atoms with Crippen LogP contribution in [0.5, 0.6) is 0 Å². The second kappa shape index (κ2) is 8.87. The fourth-order valence-corrected chi connectivity index (χ4v) is 3.35. The number of hydrogen-bond acceptors (Lipinski definition) is 4. The molecule has 1 aromatic carbocycles. The number of thiocarbonyl (C=S) groups is 1. The predicted octanol–water partition coefficient (Wildman–Crippen LogP) is 4.45. The van der Waals surface area contributed by atoms with Gasteiger partial charge in [0.2, 0.25) is 5.91 Å². The molecule has 1 amide bonds. The van der Waals surface area contributed by atoms with Gasteiger partial charge in [-0.15, -0.1) is 0 Å². The number of furan rings is 1. The van der Waals surface area contributed by atoms with Gasteiger partial charge in [0.25, 0.3) is 0 Å². The van der Waals surface area contributed by atoms with Crippen molar-refractivity contribution in [1.29, 1.82) is 0 Å². The molecule has 2 aromatic rings. The Kier molecular flexibility index (Phi) is 6.30. The molecule has 2 N–H and O–H groups in total. The molecule has 0 bridgehead atoms. The van der Waals surface area contributed by atoms with Crippen LogP contribution in [0.2, 0.25) is 5.02 Å². The number of nitrogens with one attached hydrogen (secondary N) is 2. The fraction of sp³-hybridized carbons (Fsp3) is 0.263. The van der Waals surface area contributed by atoms with E-state index in [4.69, 9.17) is 28.2 Å². The van der Waals surface area contributed by atoms with E-state index in [0.717, 1.165) is 24.5 Å². The van der Waals surface area contributed by atoms with Crippen LogP contribution in [0, 0.1) is 0 Å². The van der Waals surface area contributed by atoms with E-state index >= 15 is 0 Å². The first-order valence-corrected chi connectivity index (χ1v) is 9.28. The molecule has 1 saturated heterocycles. The second-order valence-corrected chi connectivity index (χ2v) is 6.82. The Balaban J connectivity index is 1.55. The molecular formula is C19H20ClN3O2S. The van der Waals surface area contributed by atoms with Crippen LogP contribution >= 0.6 is 23.8 Å². The van der Waals surface area contributed by atoms with Gasteiger partial charge < -0.3 is 14.6 Å². The molecule has 3 rings (SSSR count). The summed E-state index contributed by atoms with van der Waals surface area (Å²) >= 11 is 11.6. The van der Waals surface area contributed by atoms with E-state index in [9.17, 15) is 4.79 Å². The third-order valence-electron chi connectivity index (χ3n) is 4.08. The number of benzene rings is 1. The predicted molar refractivity (Wildman–Crippen MR) is 110 cm³/mol. The summed E-state index contributed by atoms with van der Waals surface area (Å²) in [5, 5.41) is 6.44. The minimum Gasteiger partial charge on any atom is -0.465 e. The Morgan fingerprint density at radius 2 is 2.04 bits per heavy atom. The number of anilines is 2. The number of nitrogens with zero attached hydrogens (tertiary/aromatic N) is 1. The molecule has 26 heavy (non-hydrogen) atoms. The van der Waals surface area contributed by atoms with E-state index in [1.54, 1.807) is 24.5 Å². The Morgan fingerprint density at radius 3 is 2.73 bits per heavy atom. The summed E-state index contributed by atoms with van der Waals surface area (Å²) in [6.45, 7) is 2.06. The van der Waals surface area contributed by atoms with Gasteiger partial charge in [-0.2, -0.15) is 0 Å². The Bertz CT molecular complexity index is 799. The maximum Gasteiger partial charge on any atom is 0.250 e. The lowest BCUT2D eigenvalue weighted by Crippen LogP contribution is -2.33. The van der Waals surface area contributed by atoms with Crippen molar-refractivity contribution in [2.75, 3.05) is 23.3 Å². The van der Waals surface area contributed by atoms with Gasteiger partial charge in [0, 0.05) is 24.9 Å². The number of hydrogen-bond donors (Lipinski definition) is 2. The van der Waals surface area contributed by atoms with Crippen molar-refractivity contribution in [1.82, 2.24) is 5.32 Å². The van der Waals surface area contributed by atoms with Crippen LogP contribution in [0.3, 0.4) is 0 Å². The highest BCUT2D eigenvalue weighted by Gasteiger charge is 2.14. The molecule has 136 valence electrons. The van der Waals surface area contributed by atoms with Crippen LogP contribution in [0.1, 0.15) is 25.0 Å². The van der Waals surface area contributed by atoms with Gasteiger partial charge in [0.05, 0.1) is 17.0 Å². The fourth-order valence-electron chi connectivity index (χ4n) is 2.84. The summed E-state index contributed by atoms with van der Waals surface area (Å²) in [4.78, 5) is 14.2. The molecular weight excluding hydrogens is 370 g/mol. The lowest BCUT2D eigenvalue weighted by molar-refractivity contribution is -0.115. The van der Waals surface area contributed by atoms with Gasteiger partial charge in [0.1, 0.15) is 5.76 Å². The zero-order valence-electron chi connectivity index (χ0n) is 14.2. The maximum absolute atomic E-state index is 11.9. The summed E-state index contributed by atoms with van der Waals surface area (Å²) in [6.07, 6.45) is 8.13. The third kappa shape index (κ3) is 5.09. The average molecular weight is 390 g/mol. The van der Waals surface area contributed by atoms with Gasteiger partial charge in [-0.05, 0) is 67.9 Å². The van der Waals surface area contributed by atoms with Crippen LogP contribution < -0.4 is 15.5 Å². The molecule has 1 fully saturated rings. The zero-order chi connectivity index (χ0) is 18.4. The molecule has 0 aliphatic carbocycles. The topological polar surface area (TPSA) is 57.5 Å². The van der Waals surface area contributed by atoms with Gasteiger partial charge in [-0.1, -0.05) is 11.6 Å². The first kappa shape index (κ1) is 18.5. The van der Waals surface area contributed by atoms with Gasteiger partial charge in [-0.3, -0.25) is 10.1 Å². The quantitative estimate of drug-likeness (QED) is 0.597. The second-order valence-electron chi connectivity index (χ2n) is 6.01. The maximum atomic E-state index is 11.9. The van der Waals surface area contributed by atoms with Crippen molar-refractivity contribution in [3.8, 4) is 0 Å². The van der Waals surface area contributed by atoms with Crippen molar-refractivity contribution < 1.29 is 9.21 Å². The van der Waals surface area contributed by atoms with E-state index in [-0.39, 0.29) is 11.0 Å². The highest BCUT2D eigenvalue weighted by atomic mass is 35.5. The first-order valence-electron chi connectivity index (χ1n) is 8.50. The van der Waals surface area contributed by atoms with Crippen LogP contribution in [0.4, 0.5) is 11.4 Å². The van der Waals surface area contributed by atoms with E-state index in [0.29, 0.717) is 10.8 Å². The Labute approximate surface area is 163 Å². The Hall–Kier alpha value is -2.31.